The van der Waals surface area contributed by atoms with Crippen LogP contribution >= 0.6 is 0 Å². The van der Waals surface area contributed by atoms with E-state index in [1.807, 2.05) is 36.4 Å². The molecule has 0 bridgehead atoms. The van der Waals surface area contributed by atoms with Gasteiger partial charge in [-0.1, -0.05) is 18.2 Å². The highest BCUT2D eigenvalue weighted by atomic mass is 16.5. The van der Waals surface area contributed by atoms with Crippen LogP contribution in [0, 0.1) is 11.3 Å². The highest BCUT2D eigenvalue weighted by molar-refractivity contribution is 5.82. The Kier molecular flexibility index (Phi) is 5.38. The second kappa shape index (κ2) is 8.26. The van der Waals surface area contributed by atoms with E-state index in [-0.39, 0.29) is 12.5 Å². The van der Waals surface area contributed by atoms with Crippen molar-refractivity contribution in [2.45, 2.75) is 0 Å². The number of nitrogens with one attached hydrogen (secondary N) is 1. The molecule has 1 amide bonds. The van der Waals surface area contributed by atoms with Gasteiger partial charge >= 0.3 is 0 Å². The SMILES string of the molecule is N#Cc1ccc(OCC(=O)N/N=C\c2cnn(-c3ccccc3)c2)cc1. The molecular weight excluding hydrogens is 330 g/mol. The highest BCUT2D eigenvalue weighted by Crippen LogP contribution is 2.11. The van der Waals surface area contributed by atoms with Crippen LogP contribution in [0.15, 0.2) is 72.1 Å². The first-order chi connectivity index (χ1) is 12.7. The highest BCUT2D eigenvalue weighted by Gasteiger charge is 2.02. The summed E-state index contributed by atoms with van der Waals surface area (Å²) in [5.74, 6) is 0.119. The van der Waals surface area contributed by atoms with Gasteiger partial charge < -0.3 is 4.74 Å². The molecule has 0 atom stereocenters. The topological polar surface area (TPSA) is 92.3 Å². The van der Waals surface area contributed by atoms with Crippen LogP contribution in [0.4, 0.5) is 0 Å². The number of carbonyl (C=O) groups excluding carboxylic acids is 1. The van der Waals surface area contributed by atoms with Crippen molar-refractivity contribution >= 4 is 12.1 Å². The normalized spacial score (nSPS) is 10.4. The summed E-state index contributed by atoms with van der Waals surface area (Å²) < 4.78 is 7.04. The van der Waals surface area contributed by atoms with Crippen LogP contribution in [0.1, 0.15) is 11.1 Å². The van der Waals surface area contributed by atoms with E-state index in [2.05, 4.69) is 15.6 Å². The van der Waals surface area contributed by atoms with Crippen LogP contribution in [0.2, 0.25) is 0 Å². The van der Waals surface area contributed by atoms with E-state index in [0.29, 0.717) is 11.3 Å². The number of rotatable bonds is 6. The minimum absolute atomic E-state index is 0.174. The van der Waals surface area contributed by atoms with Crippen molar-refractivity contribution in [2.24, 2.45) is 5.10 Å². The van der Waals surface area contributed by atoms with Gasteiger partial charge in [0.25, 0.3) is 5.91 Å². The van der Waals surface area contributed by atoms with Crippen molar-refractivity contribution in [3.05, 3.63) is 78.1 Å². The Balaban J connectivity index is 1.48. The molecule has 26 heavy (non-hydrogen) atoms. The lowest BCUT2D eigenvalue weighted by Crippen LogP contribution is -2.24. The second-order valence-corrected chi connectivity index (χ2v) is 5.27. The lowest BCUT2D eigenvalue weighted by Gasteiger charge is -2.04. The number of hydrogen-bond donors (Lipinski definition) is 1. The molecule has 0 aliphatic rings. The van der Waals surface area contributed by atoms with Gasteiger partial charge in [0, 0.05) is 11.8 Å². The fourth-order valence-electron chi connectivity index (χ4n) is 2.11. The number of nitrogens with zero attached hydrogens (tertiary/aromatic N) is 4. The minimum atomic E-state index is -0.388. The average Bonchev–Trinajstić information content (AvgIpc) is 3.16. The largest absolute Gasteiger partial charge is 0.484 e. The number of carbonyl (C=O) groups is 1. The van der Waals surface area contributed by atoms with Crippen LogP contribution in [0.5, 0.6) is 5.75 Å². The number of hydrogen-bond acceptors (Lipinski definition) is 5. The third-order valence-electron chi connectivity index (χ3n) is 3.38. The monoisotopic (exact) mass is 345 g/mol. The summed E-state index contributed by atoms with van der Waals surface area (Å²) in [6, 6.07) is 18.2. The van der Waals surface area contributed by atoms with Gasteiger partial charge in [-0.2, -0.15) is 15.5 Å². The molecule has 0 unspecified atom stereocenters. The summed E-state index contributed by atoms with van der Waals surface area (Å²) in [5, 5.41) is 16.9. The Morgan fingerprint density at radius 3 is 2.73 bits per heavy atom. The van der Waals surface area contributed by atoms with Crippen molar-refractivity contribution in [3.63, 3.8) is 0 Å². The molecule has 0 saturated heterocycles. The Morgan fingerprint density at radius 1 is 1.23 bits per heavy atom. The molecule has 3 rings (SSSR count). The van der Waals surface area contributed by atoms with E-state index in [0.717, 1.165) is 11.3 Å². The van der Waals surface area contributed by atoms with Gasteiger partial charge in [0.05, 0.1) is 29.7 Å². The maximum Gasteiger partial charge on any atom is 0.277 e. The molecule has 0 fully saturated rings. The van der Waals surface area contributed by atoms with E-state index < -0.39 is 0 Å². The quantitative estimate of drug-likeness (QED) is 0.548. The van der Waals surface area contributed by atoms with Crippen LogP contribution in [0.25, 0.3) is 5.69 Å². The molecule has 128 valence electrons. The lowest BCUT2D eigenvalue weighted by atomic mass is 10.2. The molecule has 7 heteroatoms. The first-order valence-corrected chi connectivity index (χ1v) is 7.79. The van der Waals surface area contributed by atoms with E-state index in [1.165, 1.54) is 6.21 Å². The Labute approximate surface area is 150 Å². The van der Waals surface area contributed by atoms with Crippen molar-refractivity contribution in [3.8, 4) is 17.5 Å². The molecule has 3 aromatic rings. The summed E-state index contributed by atoms with van der Waals surface area (Å²) >= 11 is 0. The molecule has 0 aliphatic carbocycles. The summed E-state index contributed by atoms with van der Waals surface area (Å²) in [4.78, 5) is 11.7. The molecule has 1 N–H and O–H groups in total. The van der Waals surface area contributed by atoms with Gasteiger partial charge in [-0.15, -0.1) is 0 Å². The molecule has 0 aliphatic heterocycles. The molecule has 0 saturated carbocycles. The van der Waals surface area contributed by atoms with E-state index in [9.17, 15) is 4.79 Å². The summed E-state index contributed by atoms with van der Waals surface area (Å²) in [7, 11) is 0. The molecule has 0 radical (unpaired) electrons. The van der Waals surface area contributed by atoms with Gasteiger partial charge in [0.2, 0.25) is 0 Å². The first kappa shape index (κ1) is 16.9. The molecule has 1 heterocycles. The Hall–Kier alpha value is -3.92. The predicted molar refractivity (Wildman–Crippen MR) is 96.0 cm³/mol. The fraction of sp³-hybridized carbons (Fsp3) is 0.0526. The van der Waals surface area contributed by atoms with E-state index in [1.54, 1.807) is 41.3 Å². The van der Waals surface area contributed by atoms with Crippen molar-refractivity contribution < 1.29 is 9.53 Å². The number of aromatic nitrogens is 2. The van der Waals surface area contributed by atoms with Crippen molar-refractivity contribution in [2.75, 3.05) is 6.61 Å². The molecule has 0 spiro atoms. The van der Waals surface area contributed by atoms with Crippen LogP contribution in [-0.4, -0.2) is 28.5 Å². The van der Waals surface area contributed by atoms with E-state index >= 15 is 0 Å². The third kappa shape index (κ3) is 4.55. The Bertz CT molecular complexity index is 940. The fourth-order valence-corrected chi connectivity index (χ4v) is 2.11. The van der Waals surface area contributed by atoms with Crippen molar-refractivity contribution in [1.82, 2.24) is 15.2 Å². The number of amides is 1. The van der Waals surface area contributed by atoms with Gasteiger partial charge in [-0.3, -0.25) is 4.79 Å². The maximum atomic E-state index is 11.7. The van der Waals surface area contributed by atoms with Crippen LogP contribution in [-0.2, 0) is 4.79 Å². The molecule has 2 aromatic carbocycles. The zero-order chi connectivity index (χ0) is 18.2. The standard InChI is InChI=1S/C19H15N5O2/c20-10-15-6-8-18(9-7-15)26-14-19(25)23-21-11-16-12-22-24(13-16)17-4-2-1-3-5-17/h1-9,11-13H,14H2,(H,23,25)/b21-11-. The van der Waals surface area contributed by atoms with Crippen molar-refractivity contribution in [1.29, 1.82) is 5.26 Å². The van der Waals surface area contributed by atoms with Gasteiger partial charge in [0.15, 0.2) is 6.61 Å². The maximum absolute atomic E-state index is 11.7. The number of ether oxygens (including phenoxy) is 1. The summed E-state index contributed by atoms with van der Waals surface area (Å²) in [6.45, 7) is -0.174. The zero-order valence-electron chi connectivity index (χ0n) is 13.7. The van der Waals surface area contributed by atoms with Crippen LogP contribution < -0.4 is 10.2 Å². The Morgan fingerprint density at radius 2 is 2.00 bits per heavy atom. The second-order valence-electron chi connectivity index (χ2n) is 5.27. The zero-order valence-corrected chi connectivity index (χ0v) is 13.7. The van der Waals surface area contributed by atoms with Gasteiger partial charge in [-0.05, 0) is 36.4 Å². The summed E-state index contributed by atoms with van der Waals surface area (Å²) in [5.41, 5.74) is 4.61. The van der Waals surface area contributed by atoms with Crippen LogP contribution in [0.3, 0.4) is 0 Å². The number of hydrazone groups is 1. The molecular formula is C19H15N5O2. The predicted octanol–water partition coefficient (Wildman–Crippen LogP) is 2.27. The number of para-hydroxylation sites is 1. The number of benzene rings is 2. The smallest absolute Gasteiger partial charge is 0.277 e. The first-order valence-electron chi connectivity index (χ1n) is 7.79. The molecule has 7 nitrogen and oxygen atoms in total. The number of nitriles is 1. The lowest BCUT2D eigenvalue weighted by molar-refractivity contribution is -0.123. The van der Waals surface area contributed by atoms with Gasteiger partial charge in [-0.25, -0.2) is 10.1 Å². The average molecular weight is 345 g/mol. The third-order valence-corrected chi connectivity index (χ3v) is 3.38. The molecule has 1 aromatic heterocycles. The van der Waals surface area contributed by atoms with Gasteiger partial charge in [0.1, 0.15) is 5.75 Å². The summed E-state index contributed by atoms with van der Waals surface area (Å²) in [6.07, 6.45) is 4.96. The van der Waals surface area contributed by atoms with E-state index in [4.69, 9.17) is 10.00 Å². The minimum Gasteiger partial charge on any atom is -0.484 e.